The Balaban J connectivity index is 2.31. The smallest absolute Gasteiger partial charge is 0.389 e. The van der Waals surface area contributed by atoms with Crippen LogP contribution >= 0.6 is 0 Å². The van der Waals surface area contributed by atoms with Gasteiger partial charge < -0.3 is 10.4 Å². The van der Waals surface area contributed by atoms with Crippen LogP contribution in [0.15, 0.2) is 18.3 Å². The van der Waals surface area contributed by atoms with Crippen LogP contribution in [0.25, 0.3) is 0 Å². The molecule has 0 saturated carbocycles. The van der Waals surface area contributed by atoms with Crippen LogP contribution in [0.2, 0.25) is 0 Å². The molecule has 0 aromatic carbocycles. The lowest BCUT2D eigenvalue weighted by Crippen LogP contribution is -2.09. The zero-order valence-corrected chi connectivity index (χ0v) is 9.50. The zero-order chi connectivity index (χ0) is 13.6. The molecule has 0 bridgehead atoms. The quantitative estimate of drug-likeness (QED) is 0.774. The van der Waals surface area contributed by atoms with Crippen molar-refractivity contribution in [3.63, 3.8) is 0 Å². The lowest BCUT2D eigenvalue weighted by molar-refractivity contribution is -0.135. The van der Waals surface area contributed by atoms with Gasteiger partial charge in [0.05, 0.1) is 5.56 Å². The molecule has 0 spiro atoms. The minimum atomic E-state index is -4.12. The van der Waals surface area contributed by atoms with Crippen LogP contribution in [-0.2, 0) is 0 Å². The Morgan fingerprint density at radius 3 is 2.72 bits per heavy atom. The van der Waals surface area contributed by atoms with Gasteiger partial charge in [-0.05, 0) is 25.0 Å². The standard InChI is InChI=1S/C11H13F3N2O2/c12-11(13,14)4-1-2-5-15-9-7-8(10(17)18)3-6-16-9/h3,6-7H,1-2,4-5H2,(H,15,16)(H,17,18). The molecular weight excluding hydrogens is 249 g/mol. The average molecular weight is 262 g/mol. The Kier molecular flexibility index (Phi) is 4.94. The molecule has 100 valence electrons. The summed E-state index contributed by atoms with van der Waals surface area (Å²) in [6, 6.07) is 2.68. The minimum absolute atomic E-state index is 0.0368. The first-order chi connectivity index (χ1) is 8.38. The van der Waals surface area contributed by atoms with Crippen molar-refractivity contribution < 1.29 is 23.1 Å². The third-order valence-corrected chi connectivity index (χ3v) is 2.20. The van der Waals surface area contributed by atoms with E-state index in [1.807, 2.05) is 0 Å². The molecule has 1 rings (SSSR count). The maximum atomic E-state index is 11.8. The highest BCUT2D eigenvalue weighted by Crippen LogP contribution is 2.22. The number of carbonyl (C=O) groups is 1. The molecule has 0 saturated heterocycles. The summed E-state index contributed by atoms with van der Waals surface area (Å²) in [6.07, 6.45) is -3.21. The predicted molar refractivity (Wildman–Crippen MR) is 59.6 cm³/mol. The van der Waals surface area contributed by atoms with Crippen LogP contribution in [0.1, 0.15) is 29.6 Å². The van der Waals surface area contributed by atoms with Crippen molar-refractivity contribution in [3.05, 3.63) is 23.9 Å². The normalized spacial score (nSPS) is 11.3. The van der Waals surface area contributed by atoms with E-state index in [1.165, 1.54) is 18.3 Å². The number of hydrogen-bond donors (Lipinski definition) is 2. The molecule has 0 aliphatic rings. The average Bonchev–Trinajstić information content (AvgIpc) is 2.27. The largest absolute Gasteiger partial charge is 0.478 e. The first-order valence-corrected chi connectivity index (χ1v) is 5.38. The Labute approximate surface area is 102 Å². The number of hydrogen-bond acceptors (Lipinski definition) is 3. The number of unbranched alkanes of at least 4 members (excludes halogenated alkanes) is 1. The molecule has 0 aliphatic carbocycles. The van der Waals surface area contributed by atoms with Gasteiger partial charge in [0.25, 0.3) is 0 Å². The van der Waals surface area contributed by atoms with Crippen molar-refractivity contribution in [3.8, 4) is 0 Å². The summed E-state index contributed by atoms with van der Waals surface area (Å²) in [5, 5.41) is 11.5. The number of anilines is 1. The van der Waals surface area contributed by atoms with Gasteiger partial charge in [0.2, 0.25) is 0 Å². The fourth-order valence-corrected chi connectivity index (χ4v) is 1.33. The van der Waals surface area contributed by atoms with E-state index in [1.54, 1.807) is 0 Å². The first-order valence-electron chi connectivity index (χ1n) is 5.38. The van der Waals surface area contributed by atoms with E-state index in [9.17, 15) is 18.0 Å². The van der Waals surface area contributed by atoms with Crippen LogP contribution in [0.5, 0.6) is 0 Å². The number of nitrogens with zero attached hydrogens (tertiary/aromatic N) is 1. The number of nitrogens with one attached hydrogen (secondary N) is 1. The summed E-state index contributed by atoms with van der Waals surface area (Å²) in [5.41, 5.74) is 0.0859. The Hall–Kier alpha value is -1.79. The van der Waals surface area contributed by atoms with E-state index in [2.05, 4.69) is 10.3 Å². The number of carboxylic acids is 1. The lowest BCUT2D eigenvalue weighted by Gasteiger charge is -2.07. The third kappa shape index (κ3) is 5.51. The Morgan fingerprint density at radius 2 is 2.11 bits per heavy atom. The summed E-state index contributed by atoms with van der Waals surface area (Å²) in [4.78, 5) is 14.5. The summed E-state index contributed by atoms with van der Waals surface area (Å²) in [5.74, 6) is -0.723. The Bertz CT molecular complexity index is 408. The van der Waals surface area contributed by atoms with Gasteiger partial charge in [-0.3, -0.25) is 0 Å². The van der Waals surface area contributed by atoms with E-state index < -0.39 is 18.6 Å². The molecule has 0 radical (unpaired) electrons. The monoisotopic (exact) mass is 262 g/mol. The molecule has 1 heterocycles. The molecule has 0 amide bonds. The van der Waals surface area contributed by atoms with Crippen molar-refractivity contribution in [1.82, 2.24) is 4.98 Å². The van der Waals surface area contributed by atoms with E-state index >= 15 is 0 Å². The van der Waals surface area contributed by atoms with Crippen molar-refractivity contribution in [2.45, 2.75) is 25.4 Å². The molecule has 0 fully saturated rings. The van der Waals surface area contributed by atoms with Crippen LogP contribution in [0, 0.1) is 0 Å². The van der Waals surface area contributed by atoms with Gasteiger partial charge in [-0.1, -0.05) is 0 Å². The van der Waals surface area contributed by atoms with Crippen LogP contribution < -0.4 is 5.32 Å². The van der Waals surface area contributed by atoms with Crippen molar-refractivity contribution in [2.24, 2.45) is 0 Å². The summed E-state index contributed by atoms with van der Waals surface area (Å²) in [6.45, 7) is 0.326. The van der Waals surface area contributed by atoms with E-state index in [0.29, 0.717) is 18.8 Å². The number of aromatic carboxylic acids is 1. The third-order valence-electron chi connectivity index (χ3n) is 2.20. The number of carboxylic acid groups (broad SMARTS) is 1. The second-order valence-corrected chi connectivity index (χ2v) is 3.73. The fraction of sp³-hybridized carbons (Fsp3) is 0.455. The SMILES string of the molecule is O=C(O)c1ccnc(NCCCCC(F)(F)F)c1. The molecule has 0 atom stereocenters. The number of aromatic nitrogens is 1. The predicted octanol–water partition coefficient (Wildman–Crippen LogP) is 2.92. The second-order valence-electron chi connectivity index (χ2n) is 3.73. The van der Waals surface area contributed by atoms with Gasteiger partial charge in [-0.25, -0.2) is 9.78 Å². The maximum Gasteiger partial charge on any atom is 0.389 e. The molecule has 0 unspecified atom stereocenters. The van der Waals surface area contributed by atoms with Crippen LogP contribution in [0.4, 0.5) is 19.0 Å². The van der Waals surface area contributed by atoms with Crippen molar-refractivity contribution in [1.29, 1.82) is 0 Å². The highest BCUT2D eigenvalue weighted by Gasteiger charge is 2.25. The van der Waals surface area contributed by atoms with Gasteiger partial charge in [-0.15, -0.1) is 0 Å². The van der Waals surface area contributed by atoms with E-state index in [-0.39, 0.29) is 12.0 Å². The zero-order valence-electron chi connectivity index (χ0n) is 9.50. The van der Waals surface area contributed by atoms with E-state index in [0.717, 1.165) is 0 Å². The molecular formula is C11H13F3N2O2. The molecule has 0 aliphatic heterocycles. The molecule has 1 aromatic heterocycles. The number of pyridine rings is 1. The van der Waals surface area contributed by atoms with Crippen molar-refractivity contribution in [2.75, 3.05) is 11.9 Å². The van der Waals surface area contributed by atoms with Gasteiger partial charge >= 0.3 is 12.1 Å². The van der Waals surface area contributed by atoms with Gasteiger partial charge in [0.15, 0.2) is 0 Å². The van der Waals surface area contributed by atoms with Crippen molar-refractivity contribution >= 4 is 11.8 Å². The fourth-order valence-electron chi connectivity index (χ4n) is 1.33. The molecule has 4 nitrogen and oxygen atoms in total. The van der Waals surface area contributed by atoms with Crippen LogP contribution in [-0.4, -0.2) is 28.8 Å². The summed E-state index contributed by atoms with van der Waals surface area (Å²) >= 11 is 0. The molecule has 7 heteroatoms. The molecule has 1 aromatic rings. The number of halogens is 3. The summed E-state index contributed by atoms with van der Waals surface area (Å²) < 4.78 is 35.5. The highest BCUT2D eigenvalue weighted by atomic mass is 19.4. The highest BCUT2D eigenvalue weighted by molar-refractivity contribution is 5.88. The van der Waals surface area contributed by atoms with Gasteiger partial charge in [-0.2, -0.15) is 13.2 Å². The first kappa shape index (κ1) is 14.3. The van der Waals surface area contributed by atoms with Gasteiger partial charge in [0.1, 0.15) is 5.82 Å². The van der Waals surface area contributed by atoms with Crippen LogP contribution in [0.3, 0.4) is 0 Å². The maximum absolute atomic E-state index is 11.8. The molecule has 2 N–H and O–H groups in total. The Morgan fingerprint density at radius 1 is 1.39 bits per heavy atom. The molecule has 18 heavy (non-hydrogen) atoms. The topological polar surface area (TPSA) is 62.2 Å². The second kappa shape index (κ2) is 6.23. The number of rotatable bonds is 6. The summed E-state index contributed by atoms with van der Waals surface area (Å²) in [7, 11) is 0. The lowest BCUT2D eigenvalue weighted by atomic mass is 10.2. The van der Waals surface area contributed by atoms with E-state index in [4.69, 9.17) is 5.11 Å². The number of alkyl halides is 3. The van der Waals surface area contributed by atoms with Gasteiger partial charge in [0, 0.05) is 19.2 Å². The minimum Gasteiger partial charge on any atom is -0.478 e.